The highest BCUT2D eigenvalue weighted by Gasteiger charge is 2.37. The molecule has 1 fully saturated rings. The Morgan fingerprint density at radius 2 is 2.00 bits per heavy atom. The number of fused-ring (bicyclic) bond motifs is 1. The van der Waals surface area contributed by atoms with Crippen LogP contribution in [0.1, 0.15) is 45.6 Å². The van der Waals surface area contributed by atoms with Gasteiger partial charge in [-0.25, -0.2) is 0 Å². The van der Waals surface area contributed by atoms with Crippen molar-refractivity contribution in [2.24, 2.45) is 17.8 Å². The number of rotatable bonds is 4. The predicted octanol–water partition coefficient (Wildman–Crippen LogP) is 4.04. The largest absolute Gasteiger partial charge is 0.488 e. The summed E-state index contributed by atoms with van der Waals surface area (Å²) in [5, 5.41) is 3.74. The zero-order valence-corrected chi connectivity index (χ0v) is 13.6. The topological polar surface area (TPSA) is 21.3 Å². The third-order valence-corrected chi connectivity index (χ3v) is 5.66. The number of ether oxygens (including phenoxy) is 1. The van der Waals surface area contributed by atoms with Crippen LogP contribution >= 0.6 is 0 Å². The molecule has 2 aliphatic rings. The van der Waals surface area contributed by atoms with Crippen molar-refractivity contribution in [1.29, 1.82) is 0 Å². The van der Waals surface area contributed by atoms with Crippen LogP contribution in [0.4, 0.5) is 0 Å². The van der Waals surface area contributed by atoms with E-state index in [1.165, 1.54) is 24.8 Å². The molecular formula is C19H29NO. The van der Waals surface area contributed by atoms with E-state index in [4.69, 9.17) is 4.74 Å². The van der Waals surface area contributed by atoms with Gasteiger partial charge in [0, 0.05) is 12.5 Å². The maximum Gasteiger partial charge on any atom is 0.123 e. The quantitative estimate of drug-likeness (QED) is 0.902. The minimum absolute atomic E-state index is 0.313. The van der Waals surface area contributed by atoms with Crippen LogP contribution < -0.4 is 10.1 Å². The van der Waals surface area contributed by atoms with Crippen molar-refractivity contribution in [1.82, 2.24) is 5.32 Å². The Balaban J connectivity index is 1.71. The summed E-state index contributed by atoms with van der Waals surface area (Å²) < 4.78 is 6.27. The molecule has 0 spiro atoms. The van der Waals surface area contributed by atoms with E-state index in [1.54, 1.807) is 0 Å². The second-order valence-electron chi connectivity index (χ2n) is 7.08. The SMILES string of the molecule is CCNC(C1CCC(C)C(C)C1)C1Cc2ccccc2O1. The van der Waals surface area contributed by atoms with E-state index in [9.17, 15) is 0 Å². The van der Waals surface area contributed by atoms with Crippen LogP contribution in [0, 0.1) is 17.8 Å². The Hall–Kier alpha value is -1.02. The van der Waals surface area contributed by atoms with Gasteiger partial charge < -0.3 is 10.1 Å². The van der Waals surface area contributed by atoms with Gasteiger partial charge in [-0.05, 0) is 48.8 Å². The summed E-state index contributed by atoms with van der Waals surface area (Å²) in [6.45, 7) is 8.07. The standard InChI is InChI=1S/C19H29NO/c1-4-20-19(16-10-9-13(2)14(3)11-16)18-12-15-7-5-6-8-17(15)21-18/h5-8,13-14,16,18-20H,4,9-12H2,1-3H3. The van der Waals surface area contributed by atoms with E-state index in [0.717, 1.165) is 36.5 Å². The molecule has 0 amide bonds. The number of hydrogen-bond donors (Lipinski definition) is 1. The monoisotopic (exact) mass is 287 g/mol. The summed E-state index contributed by atoms with van der Waals surface area (Å²) in [4.78, 5) is 0. The second-order valence-corrected chi connectivity index (χ2v) is 7.08. The van der Waals surface area contributed by atoms with Crippen molar-refractivity contribution in [2.45, 2.75) is 58.6 Å². The molecule has 21 heavy (non-hydrogen) atoms. The van der Waals surface area contributed by atoms with Crippen LogP contribution in [0.5, 0.6) is 5.75 Å². The fourth-order valence-electron chi connectivity index (χ4n) is 4.16. The molecule has 2 heteroatoms. The van der Waals surface area contributed by atoms with Gasteiger partial charge in [0.1, 0.15) is 11.9 Å². The molecule has 5 atom stereocenters. The lowest BCUT2D eigenvalue weighted by Gasteiger charge is -2.39. The first kappa shape index (κ1) is 14.9. The maximum absolute atomic E-state index is 6.27. The van der Waals surface area contributed by atoms with Gasteiger partial charge in [0.15, 0.2) is 0 Å². The Morgan fingerprint density at radius 3 is 2.71 bits per heavy atom. The average molecular weight is 287 g/mol. The molecule has 0 bridgehead atoms. The highest BCUT2D eigenvalue weighted by molar-refractivity contribution is 5.37. The van der Waals surface area contributed by atoms with E-state index in [1.807, 2.05) is 0 Å². The predicted molar refractivity (Wildman–Crippen MR) is 87.7 cm³/mol. The second kappa shape index (κ2) is 6.39. The lowest BCUT2D eigenvalue weighted by atomic mass is 9.72. The van der Waals surface area contributed by atoms with Gasteiger partial charge in [0.05, 0.1) is 0 Å². The van der Waals surface area contributed by atoms with E-state index in [-0.39, 0.29) is 0 Å². The van der Waals surface area contributed by atoms with Crippen LogP contribution in [0.15, 0.2) is 24.3 Å². The fraction of sp³-hybridized carbons (Fsp3) is 0.684. The first-order valence-corrected chi connectivity index (χ1v) is 8.67. The van der Waals surface area contributed by atoms with E-state index in [0.29, 0.717) is 12.1 Å². The molecule has 1 N–H and O–H groups in total. The Labute approximate surface area is 129 Å². The summed E-state index contributed by atoms with van der Waals surface area (Å²) >= 11 is 0. The first-order chi connectivity index (χ1) is 10.2. The number of likely N-dealkylation sites (N-methyl/N-ethyl adjacent to an activating group) is 1. The van der Waals surface area contributed by atoms with E-state index < -0.39 is 0 Å². The number of para-hydroxylation sites is 1. The number of benzene rings is 1. The van der Waals surface area contributed by atoms with Gasteiger partial charge in [-0.3, -0.25) is 0 Å². The van der Waals surface area contributed by atoms with Crippen LogP contribution in [-0.4, -0.2) is 18.7 Å². The van der Waals surface area contributed by atoms with Gasteiger partial charge in [0.2, 0.25) is 0 Å². The van der Waals surface area contributed by atoms with Crippen molar-refractivity contribution in [3.63, 3.8) is 0 Å². The maximum atomic E-state index is 6.27. The van der Waals surface area contributed by atoms with Crippen LogP contribution in [0.25, 0.3) is 0 Å². The number of nitrogens with one attached hydrogen (secondary N) is 1. The van der Waals surface area contributed by atoms with Crippen molar-refractivity contribution in [3.8, 4) is 5.75 Å². The Kier molecular flexibility index (Phi) is 4.54. The Morgan fingerprint density at radius 1 is 1.19 bits per heavy atom. The molecule has 3 rings (SSSR count). The summed E-state index contributed by atoms with van der Waals surface area (Å²) in [6, 6.07) is 9.02. The fourth-order valence-corrected chi connectivity index (χ4v) is 4.16. The van der Waals surface area contributed by atoms with Crippen LogP contribution in [-0.2, 0) is 6.42 Å². The Bertz CT molecular complexity index is 447. The van der Waals surface area contributed by atoms with Crippen molar-refractivity contribution >= 4 is 0 Å². The molecule has 1 aromatic carbocycles. The van der Waals surface area contributed by atoms with Crippen LogP contribution in [0.2, 0.25) is 0 Å². The van der Waals surface area contributed by atoms with Crippen LogP contribution in [0.3, 0.4) is 0 Å². The van der Waals surface area contributed by atoms with E-state index in [2.05, 4.69) is 50.4 Å². The zero-order valence-electron chi connectivity index (χ0n) is 13.6. The van der Waals surface area contributed by atoms with Gasteiger partial charge in [-0.2, -0.15) is 0 Å². The normalized spacial score (nSPS) is 33.3. The highest BCUT2D eigenvalue weighted by atomic mass is 16.5. The highest BCUT2D eigenvalue weighted by Crippen LogP contribution is 2.38. The average Bonchev–Trinajstić information content (AvgIpc) is 2.91. The van der Waals surface area contributed by atoms with Crippen molar-refractivity contribution < 1.29 is 4.74 Å². The van der Waals surface area contributed by atoms with Gasteiger partial charge in [-0.15, -0.1) is 0 Å². The molecule has 1 aliphatic heterocycles. The smallest absolute Gasteiger partial charge is 0.123 e. The molecule has 1 saturated carbocycles. The summed E-state index contributed by atoms with van der Waals surface area (Å²) in [7, 11) is 0. The molecule has 1 heterocycles. The lowest BCUT2D eigenvalue weighted by Crippen LogP contribution is -2.49. The minimum Gasteiger partial charge on any atom is -0.488 e. The van der Waals surface area contributed by atoms with Crippen molar-refractivity contribution in [3.05, 3.63) is 29.8 Å². The van der Waals surface area contributed by atoms with Gasteiger partial charge >= 0.3 is 0 Å². The molecule has 0 aromatic heterocycles. The molecule has 116 valence electrons. The molecule has 1 aliphatic carbocycles. The minimum atomic E-state index is 0.313. The van der Waals surface area contributed by atoms with Gasteiger partial charge in [0.25, 0.3) is 0 Å². The molecular weight excluding hydrogens is 258 g/mol. The van der Waals surface area contributed by atoms with E-state index >= 15 is 0 Å². The summed E-state index contributed by atoms with van der Waals surface area (Å²) in [5.41, 5.74) is 1.38. The third-order valence-electron chi connectivity index (χ3n) is 5.66. The number of hydrogen-bond acceptors (Lipinski definition) is 2. The lowest BCUT2D eigenvalue weighted by molar-refractivity contribution is 0.0947. The first-order valence-electron chi connectivity index (χ1n) is 8.67. The molecule has 0 saturated heterocycles. The third kappa shape index (κ3) is 3.11. The molecule has 2 nitrogen and oxygen atoms in total. The molecule has 5 unspecified atom stereocenters. The molecule has 1 aromatic rings. The zero-order chi connectivity index (χ0) is 14.8. The van der Waals surface area contributed by atoms with Crippen molar-refractivity contribution in [2.75, 3.05) is 6.54 Å². The summed E-state index contributed by atoms with van der Waals surface area (Å²) in [6.07, 6.45) is 5.43. The molecule has 0 radical (unpaired) electrons. The summed E-state index contributed by atoms with van der Waals surface area (Å²) in [5.74, 6) is 3.58. The van der Waals surface area contributed by atoms with Gasteiger partial charge in [-0.1, -0.05) is 45.4 Å².